The van der Waals surface area contributed by atoms with Crippen molar-refractivity contribution < 1.29 is 32.3 Å². The zero-order valence-corrected chi connectivity index (χ0v) is 14.9. The normalized spacial score (nSPS) is 18.0. The fourth-order valence-corrected chi connectivity index (χ4v) is 3.20. The van der Waals surface area contributed by atoms with E-state index in [4.69, 9.17) is 0 Å². The van der Waals surface area contributed by atoms with Crippen LogP contribution in [0.15, 0.2) is 24.3 Å². The van der Waals surface area contributed by atoms with E-state index in [1.165, 1.54) is 21.9 Å². The Hall–Kier alpha value is -2.91. The van der Waals surface area contributed by atoms with Gasteiger partial charge in [0.15, 0.2) is 0 Å². The van der Waals surface area contributed by atoms with Gasteiger partial charge in [0, 0.05) is 44.6 Å². The van der Waals surface area contributed by atoms with Crippen molar-refractivity contribution in [3.8, 4) is 0 Å². The molecule has 2 fully saturated rings. The number of imide groups is 1. The Kier molecular flexibility index (Phi) is 5.39. The number of carbonyl (C=O) groups is 4. The molecule has 4 amide bonds. The number of halogens is 3. The lowest BCUT2D eigenvalue weighted by molar-refractivity contribution is -0.146. The molecule has 2 aliphatic rings. The van der Waals surface area contributed by atoms with Crippen molar-refractivity contribution in [2.75, 3.05) is 32.7 Å². The fourth-order valence-electron chi connectivity index (χ4n) is 3.20. The van der Waals surface area contributed by atoms with Crippen molar-refractivity contribution >= 4 is 23.6 Å². The maximum atomic E-state index is 12.8. The third-order valence-electron chi connectivity index (χ3n) is 4.80. The average Bonchev–Trinajstić information content (AvgIpc) is 2.99. The largest absolute Gasteiger partial charge is 0.416 e. The number of likely N-dealkylation sites (tertiary alicyclic amines) is 1. The van der Waals surface area contributed by atoms with Gasteiger partial charge in [-0.2, -0.15) is 13.2 Å². The fraction of sp³-hybridized carbons (Fsp3) is 0.444. The molecule has 150 valence electrons. The highest BCUT2D eigenvalue weighted by atomic mass is 19.4. The van der Waals surface area contributed by atoms with Gasteiger partial charge in [0.25, 0.3) is 5.91 Å². The van der Waals surface area contributed by atoms with Gasteiger partial charge in [0.1, 0.15) is 6.54 Å². The highest BCUT2D eigenvalue weighted by Gasteiger charge is 2.34. The molecule has 2 aliphatic heterocycles. The van der Waals surface area contributed by atoms with Gasteiger partial charge in [-0.05, 0) is 18.2 Å². The maximum absolute atomic E-state index is 12.8. The molecule has 0 radical (unpaired) electrons. The van der Waals surface area contributed by atoms with E-state index in [9.17, 15) is 32.3 Å². The summed E-state index contributed by atoms with van der Waals surface area (Å²) in [6.45, 7) is 0.351. The summed E-state index contributed by atoms with van der Waals surface area (Å²) in [5.41, 5.74) is -0.963. The van der Waals surface area contributed by atoms with E-state index in [0.29, 0.717) is 0 Å². The molecule has 3 rings (SSSR count). The van der Waals surface area contributed by atoms with Gasteiger partial charge >= 0.3 is 6.18 Å². The second-order valence-corrected chi connectivity index (χ2v) is 6.63. The summed E-state index contributed by atoms with van der Waals surface area (Å²) in [6, 6.07) is 4.21. The first-order valence-electron chi connectivity index (χ1n) is 8.74. The molecule has 0 atom stereocenters. The van der Waals surface area contributed by atoms with Crippen LogP contribution in [0.25, 0.3) is 0 Å². The first-order valence-corrected chi connectivity index (χ1v) is 8.74. The van der Waals surface area contributed by atoms with Crippen LogP contribution >= 0.6 is 0 Å². The molecule has 0 bridgehead atoms. The molecule has 0 aromatic heterocycles. The van der Waals surface area contributed by atoms with Crippen molar-refractivity contribution in [1.29, 1.82) is 0 Å². The summed E-state index contributed by atoms with van der Waals surface area (Å²) in [6.07, 6.45) is -4.33. The van der Waals surface area contributed by atoms with Gasteiger partial charge in [0.2, 0.25) is 17.7 Å². The molecule has 10 heteroatoms. The van der Waals surface area contributed by atoms with E-state index >= 15 is 0 Å². The smallest absolute Gasteiger partial charge is 0.338 e. The molecule has 0 N–H and O–H groups in total. The van der Waals surface area contributed by atoms with Crippen molar-refractivity contribution in [3.63, 3.8) is 0 Å². The minimum atomic E-state index is -4.54. The molecule has 0 aliphatic carbocycles. The Morgan fingerprint density at radius 3 is 2.07 bits per heavy atom. The molecule has 0 spiro atoms. The summed E-state index contributed by atoms with van der Waals surface area (Å²) in [7, 11) is 0. The van der Waals surface area contributed by atoms with Crippen LogP contribution in [0.3, 0.4) is 0 Å². The number of rotatable bonds is 3. The number of hydrogen-bond acceptors (Lipinski definition) is 4. The number of nitrogens with zero attached hydrogens (tertiary/aromatic N) is 3. The van der Waals surface area contributed by atoms with Gasteiger partial charge in [0.05, 0.1) is 5.56 Å². The Labute approximate surface area is 158 Å². The standard InChI is InChI=1S/C18H18F3N3O4/c19-18(20,21)13-3-1-2-12(10-13)17(28)23-8-6-22(7-9-23)16(27)11-24-14(25)4-5-15(24)26/h1-3,10H,4-9,11H2. The van der Waals surface area contributed by atoms with Gasteiger partial charge in [-0.15, -0.1) is 0 Å². The number of alkyl halides is 3. The number of amides is 4. The third kappa shape index (κ3) is 4.15. The zero-order chi connectivity index (χ0) is 20.5. The van der Waals surface area contributed by atoms with E-state index in [0.717, 1.165) is 17.0 Å². The lowest BCUT2D eigenvalue weighted by Gasteiger charge is -2.35. The molecule has 2 saturated heterocycles. The van der Waals surface area contributed by atoms with E-state index in [1.807, 2.05) is 0 Å². The number of carbonyl (C=O) groups excluding carboxylic acids is 4. The lowest BCUT2D eigenvalue weighted by Crippen LogP contribution is -2.53. The molecule has 0 unspecified atom stereocenters. The lowest BCUT2D eigenvalue weighted by atomic mass is 10.1. The van der Waals surface area contributed by atoms with Crippen LogP contribution < -0.4 is 0 Å². The quantitative estimate of drug-likeness (QED) is 0.717. The first kappa shape index (κ1) is 19.8. The SMILES string of the molecule is O=C(CN1C(=O)CCC1=O)N1CCN(C(=O)c2cccc(C(F)(F)F)c2)CC1. The summed E-state index contributed by atoms with van der Waals surface area (Å²) in [5, 5.41) is 0. The molecular formula is C18H18F3N3O4. The predicted octanol–water partition coefficient (Wildman–Crippen LogP) is 1.14. The van der Waals surface area contributed by atoms with Crippen LogP contribution in [0.4, 0.5) is 13.2 Å². The molecule has 1 aromatic carbocycles. The maximum Gasteiger partial charge on any atom is 0.416 e. The van der Waals surface area contributed by atoms with E-state index < -0.39 is 23.6 Å². The Bertz CT molecular complexity index is 801. The van der Waals surface area contributed by atoms with Crippen LogP contribution in [-0.4, -0.2) is 71.1 Å². The van der Waals surface area contributed by atoms with E-state index in [2.05, 4.69) is 0 Å². The average molecular weight is 397 g/mol. The Balaban J connectivity index is 1.58. The van der Waals surface area contributed by atoms with Crippen LogP contribution in [0, 0.1) is 0 Å². The van der Waals surface area contributed by atoms with Crippen molar-refractivity contribution in [2.45, 2.75) is 19.0 Å². The van der Waals surface area contributed by atoms with Gasteiger partial charge < -0.3 is 9.80 Å². The minimum absolute atomic E-state index is 0.0668. The highest BCUT2D eigenvalue weighted by Crippen LogP contribution is 2.29. The van der Waals surface area contributed by atoms with Gasteiger partial charge in [-0.25, -0.2) is 0 Å². The minimum Gasteiger partial charge on any atom is -0.338 e. The van der Waals surface area contributed by atoms with Gasteiger partial charge in [-0.1, -0.05) is 6.07 Å². The van der Waals surface area contributed by atoms with Crippen LogP contribution in [0.5, 0.6) is 0 Å². The van der Waals surface area contributed by atoms with E-state index in [1.54, 1.807) is 0 Å². The van der Waals surface area contributed by atoms with Crippen LogP contribution in [0.2, 0.25) is 0 Å². The van der Waals surface area contributed by atoms with Gasteiger partial charge in [-0.3, -0.25) is 24.1 Å². The Morgan fingerprint density at radius 1 is 0.929 bits per heavy atom. The Morgan fingerprint density at radius 2 is 1.50 bits per heavy atom. The second-order valence-electron chi connectivity index (χ2n) is 6.63. The molecule has 1 aromatic rings. The summed E-state index contributed by atoms with van der Waals surface area (Å²) in [4.78, 5) is 51.7. The zero-order valence-electron chi connectivity index (χ0n) is 14.9. The molecular weight excluding hydrogens is 379 g/mol. The first-order chi connectivity index (χ1) is 13.2. The number of hydrogen-bond donors (Lipinski definition) is 0. The summed E-state index contributed by atoms with van der Waals surface area (Å²) in [5.74, 6) is -1.69. The van der Waals surface area contributed by atoms with E-state index in [-0.39, 0.29) is 62.9 Å². The second kappa shape index (κ2) is 7.61. The molecule has 0 saturated carbocycles. The molecule has 7 nitrogen and oxygen atoms in total. The third-order valence-corrected chi connectivity index (χ3v) is 4.80. The molecule has 28 heavy (non-hydrogen) atoms. The molecule has 2 heterocycles. The summed E-state index contributed by atoms with van der Waals surface area (Å²) < 4.78 is 38.4. The monoisotopic (exact) mass is 397 g/mol. The summed E-state index contributed by atoms with van der Waals surface area (Å²) >= 11 is 0. The van der Waals surface area contributed by atoms with Crippen molar-refractivity contribution in [2.24, 2.45) is 0 Å². The highest BCUT2D eigenvalue weighted by molar-refractivity contribution is 6.04. The van der Waals surface area contributed by atoms with Crippen molar-refractivity contribution in [3.05, 3.63) is 35.4 Å². The predicted molar refractivity (Wildman–Crippen MR) is 89.9 cm³/mol. The van der Waals surface area contributed by atoms with Crippen LogP contribution in [0.1, 0.15) is 28.8 Å². The van der Waals surface area contributed by atoms with Crippen molar-refractivity contribution in [1.82, 2.24) is 14.7 Å². The topological polar surface area (TPSA) is 78.0 Å². The van der Waals surface area contributed by atoms with Crippen LogP contribution in [-0.2, 0) is 20.6 Å². The number of piperazine rings is 1. The number of benzene rings is 1.